The largest absolute Gasteiger partial charge is 0.449 e. The molecule has 7 heteroatoms. The lowest BCUT2D eigenvalue weighted by Crippen LogP contribution is -2.30. The highest BCUT2D eigenvalue weighted by atomic mass is 35.5. The number of halogens is 1. The topological polar surface area (TPSA) is 88.3 Å². The predicted molar refractivity (Wildman–Crippen MR) is 99.5 cm³/mol. The van der Waals surface area contributed by atoms with Crippen molar-refractivity contribution < 1.29 is 14.3 Å². The lowest BCUT2D eigenvalue weighted by Gasteiger charge is -2.14. The minimum absolute atomic E-state index is 0.103. The number of amides is 1. The van der Waals surface area contributed by atoms with Crippen LogP contribution < -0.4 is 10.9 Å². The van der Waals surface area contributed by atoms with Crippen molar-refractivity contribution in [3.63, 3.8) is 0 Å². The molecule has 0 radical (unpaired) electrons. The van der Waals surface area contributed by atoms with Crippen molar-refractivity contribution in [3.05, 3.63) is 75.5 Å². The molecule has 2 N–H and O–H groups in total. The molecule has 0 spiro atoms. The SMILES string of the molecule is C[C@@H](OC(=O)c1cc(=O)[nH]c2ccccc12)C(=O)Nc1cccc(Cl)c1. The molecule has 1 amide bonds. The molecular weight excluding hydrogens is 356 g/mol. The maximum absolute atomic E-state index is 12.5. The molecule has 0 bridgehead atoms. The van der Waals surface area contributed by atoms with Crippen LogP contribution in [0.15, 0.2) is 59.4 Å². The van der Waals surface area contributed by atoms with Crippen LogP contribution in [0.4, 0.5) is 5.69 Å². The van der Waals surface area contributed by atoms with Gasteiger partial charge in [0.05, 0.1) is 5.56 Å². The van der Waals surface area contributed by atoms with Crippen molar-refractivity contribution in [1.29, 1.82) is 0 Å². The second kappa shape index (κ2) is 7.41. The summed E-state index contributed by atoms with van der Waals surface area (Å²) in [6.45, 7) is 1.45. The smallest absolute Gasteiger partial charge is 0.339 e. The zero-order valence-corrected chi connectivity index (χ0v) is 14.5. The number of para-hydroxylation sites is 1. The molecule has 1 aromatic heterocycles. The molecule has 0 saturated carbocycles. The zero-order valence-electron chi connectivity index (χ0n) is 13.8. The van der Waals surface area contributed by atoms with E-state index in [9.17, 15) is 14.4 Å². The van der Waals surface area contributed by atoms with Gasteiger partial charge in [0, 0.05) is 27.7 Å². The van der Waals surface area contributed by atoms with Crippen molar-refractivity contribution >= 4 is 40.1 Å². The third-order valence-electron chi connectivity index (χ3n) is 3.72. The first-order valence-electron chi connectivity index (χ1n) is 7.83. The molecule has 1 atom stereocenters. The van der Waals surface area contributed by atoms with Gasteiger partial charge in [0.2, 0.25) is 5.56 Å². The van der Waals surface area contributed by atoms with Gasteiger partial charge in [-0.15, -0.1) is 0 Å². The number of H-pyrrole nitrogens is 1. The molecule has 0 saturated heterocycles. The Morgan fingerprint density at radius 1 is 1.12 bits per heavy atom. The molecule has 0 aliphatic carbocycles. The predicted octanol–water partition coefficient (Wildman–Crippen LogP) is 3.37. The van der Waals surface area contributed by atoms with Gasteiger partial charge in [0.15, 0.2) is 6.10 Å². The van der Waals surface area contributed by atoms with Crippen LogP contribution in [-0.4, -0.2) is 23.0 Å². The van der Waals surface area contributed by atoms with E-state index in [0.29, 0.717) is 21.6 Å². The number of ether oxygens (including phenoxy) is 1. The Hall–Kier alpha value is -3.12. The van der Waals surface area contributed by atoms with Gasteiger partial charge >= 0.3 is 5.97 Å². The van der Waals surface area contributed by atoms with Gasteiger partial charge < -0.3 is 15.0 Å². The molecule has 0 unspecified atom stereocenters. The number of hydrogen-bond acceptors (Lipinski definition) is 4. The van der Waals surface area contributed by atoms with Crippen LogP contribution in [-0.2, 0) is 9.53 Å². The Morgan fingerprint density at radius 2 is 1.88 bits per heavy atom. The third kappa shape index (κ3) is 3.92. The monoisotopic (exact) mass is 370 g/mol. The molecular formula is C19H15ClN2O4. The summed E-state index contributed by atoms with van der Waals surface area (Å²) in [4.78, 5) is 39.1. The molecule has 26 heavy (non-hydrogen) atoms. The number of rotatable bonds is 4. The number of nitrogens with one attached hydrogen (secondary N) is 2. The van der Waals surface area contributed by atoms with Crippen LogP contribution in [0.2, 0.25) is 5.02 Å². The van der Waals surface area contributed by atoms with Crippen molar-refractivity contribution in [2.24, 2.45) is 0 Å². The van der Waals surface area contributed by atoms with E-state index in [-0.39, 0.29) is 5.56 Å². The fourth-order valence-electron chi connectivity index (χ4n) is 2.46. The number of carbonyl (C=O) groups is 2. The molecule has 0 fully saturated rings. The number of carbonyl (C=O) groups excluding carboxylic acids is 2. The van der Waals surface area contributed by atoms with Crippen LogP contribution >= 0.6 is 11.6 Å². The summed E-state index contributed by atoms with van der Waals surface area (Å²) < 4.78 is 5.23. The van der Waals surface area contributed by atoms with E-state index < -0.39 is 23.5 Å². The van der Waals surface area contributed by atoms with Gasteiger partial charge in [-0.3, -0.25) is 9.59 Å². The Labute approximate surface area is 153 Å². The third-order valence-corrected chi connectivity index (χ3v) is 3.95. The lowest BCUT2D eigenvalue weighted by atomic mass is 10.1. The molecule has 3 aromatic rings. The number of hydrogen-bond donors (Lipinski definition) is 2. The van der Waals surface area contributed by atoms with Crippen LogP contribution in [0.25, 0.3) is 10.9 Å². The van der Waals surface area contributed by atoms with Gasteiger partial charge in [0.25, 0.3) is 5.91 Å². The highest BCUT2D eigenvalue weighted by molar-refractivity contribution is 6.30. The maximum Gasteiger partial charge on any atom is 0.339 e. The van der Waals surface area contributed by atoms with Gasteiger partial charge in [-0.2, -0.15) is 0 Å². The fourth-order valence-corrected chi connectivity index (χ4v) is 2.65. The summed E-state index contributed by atoms with van der Waals surface area (Å²) in [5, 5.41) is 3.64. The van der Waals surface area contributed by atoms with Crippen LogP contribution in [0.5, 0.6) is 0 Å². The lowest BCUT2D eigenvalue weighted by molar-refractivity contribution is -0.123. The van der Waals surface area contributed by atoms with Crippen LogP contribution in [0.3, 0.4) is 0 Å². The maximum atomic E-state index is 12.5. The average molecular weight is 371 g/mol. The Bertz CT molecular complexity index is 1040. The molecule has 0 aliphatic rings. The van der Waals surface area contributed by atoms with E-state index in [1.54, 1.807) is 48.5 Å². The first-order chi connectivity index (χ1) is 12.4. The molecule has 3 rings (SSSR count). The number of fused-ring (bicyclic) bond motifs is 1. The van der Waals surface area contributed by atoms with E-state index in [0.717, 1.165) is 6.07 Å². The van der Waals surface area contributed by atoms with Crippen molar-refractivity contribution in [1.82, 2.24) is 4.98 Å². The number of anilines is 1. The molecule has 1 heterocycles. The van der Waals surface area contributed by atoms with Crippen molar-refractivity contribution in [2.75, 3.05) is 5.32 Å². The van der Waals surface area contributed by atoms with Crippen LogP contribution in [0.1, 0.15) is 17.3 Å². The van der Waals surface area contributed by atoms with E-state index in [2.05, 4.69) is 10.3 Å². The molecule has 2 aromatic carbocycles. The number of esters is 1. The van der Waals surface area contributed by atoms with E-state index in [1.807, 2.05) is 0 Å². The van der Waals surface area contributed by atoms with Crippen molar-refractivity contribution in [3.8, 4) is 0 Å². The summed E-state index contributed by atoms with van der Waals surface area (Å²) in [6, 6.07) is 14.6. The van der Waals surface area contributed by atoms with Gasteiger partial charge in [-0.05, 0) is 31.2 Å². The minimum Gasteiger partial charge on any atom is -0.449 e. The number of aromatic nitrogens is 1. The van der Waals surface area contributed by atoms with E-state index in [1.165, 1.54) is 6.92 Å². The minimum atomic E-state index is -1.06. The highest BCUT2D eigenvalue weighted by Gasteiger charge is 2.21. The number of aromatic amines is 1. The molecule has 132 valence electrons. The number of benzene rings is 2. The number of pyridine rings is 1. The molecule has 6 nitrogen and oxygen atoms in total. The Balaban J connectivity index is 1.77. The average Bonchev–Trinajstić information content (AvgIpc) is 2.60. The Kier molecular flexibility index (Phi) is 5.04. The highest BCUT2D eigenvalue weighted by Crippen LogP contribution is 2.18. The summed E-state index contributed by atoms with van der Waals surface area (Å²) in [7, 11) is 0. The normalized spacial score (nSPS) is 11.8. The summed E-state index contributed by atoms with van der Waals surface area (Å²) in [5.41, 5.74) is 0.688. The summed E-state index contributed by atoms with van der Waals surface area (Å²) >= 11 is 5.87. The summed E-state index contributed by atoms with van der Waals surface area (Å²) in [6.07, 6.45) is -1.06. The fraction of sp³-hybridized carbons (Fsp3) is 0.105. The van der Waals surface area contributed by atoms with Gasteiger partial charge in [0.1, 0.15) is 0 Å². The first kappa shape index (κ1) is 17.7. The van der Waals surface area contributed by atoms with Crippen LogP contribution in [0, 0.1) is 0 Å². The quantitative estimate of drug-likeness (QED) is 0.689. The second-order valence-corrected chi connectivity index (χ2v) is 6.08. The standard InChI is InChI=1S/C19H15ClN2O4/c1-11(18(24)21-13-6-4-5-12(20)9-13)26-19(25)15-10-17(23)22-16-8-3-2-7-14(15)16/h2-11H,1H3,(H,21,24)(H,22,23)/t11-/m1/s1. The summed E-state index contributed by atoms with van der Waals surface area (Å²) in [5.74, 6) is -1.25. The van der Waals surface area contributed by atoms with E-state index >= 15 is 0 Å². The molecule has 0 aliphatic heterocycles. The second-order valence-electron chi connectivity index (χ2n) is 5.64. The van der Waals surface area contributed by atoms with Crippen molar-refractivity contribution in [2.45, 2.75) is 13.0 Å². The van der Waals surface area contributed by atoms with E-state index in [4.69, 9.17) is 16.3 Å². The zero-order chi connectivity index (χ0) is 18.7. The van der Waals surface area contributed by atoms with Gasteiger partial charge in [-0.25, -0.2) is 4.79 Å². The van der Waals surface area contributed by atoms with Gasteiger partial charge in [-0.1, -0.05) is 35.9 Å². The first-order valence-corrected chi connectivity index (χ1v) is 8.21. The Morgan fingerprint density at radius 3 is 2.65 bits per heavy atom.